The molecule has 1 aromatic rings. The zero-order valence-electron chi connectivity index (χ0n) is 9.23. The lowest BCUT2D eigenvalue weighted by Gasteiger charge is -2.23. The normalized spacial score (nSPS) is 12.9. The van der Waals surface area contributed by atoms with Crippen LogP contribution in [-0.2, 0) is 15.6 Å². The average molecular weight is 283 g/mol. The van der Waals surface area contributed by atoms with E-state index in [0.29, 0.717) is 12.3 Å². The number of hydrogen-bond acceptors (Lipinski definition) is 4. The Morgan fingerprint density at radius 1 is 1.56 bits per heavy atom. The maximum Gasteiger partial charge on any atom is 0.212 e. The fourth-order valence-corrected chi connectivity index (χ4v) is 3.84. The summed E-state index contributed by atoms with van der Waals surface area (Å²) in [5.74, 6) is 0.393. The van der Waals surface area contributed by atoms with Gasteiger partial charge in [0.15, 0.2) is 0 Å². The van der Waals surface area contributed by atoms with E-state index in [0.717, 1.165) is 5.01 Å². The molecule has 0 aromatic carbocycles. The molecule has 0 unspecified atom stereocenters. The van der Waals surface area contributed by atoms with Gasteiger partial charge in [-0.25, -0.2) is 18.1 Å². The molecular weight excluding hydrogens is 268 g/mol. The van der Waals surface area contributed by atoms with E-state index >= 15 is 0 Å². The van der Waals surface area contributed by atoms with E-state index < -0.39 is 15.6 Å². The van der Waals surface area contributed by atoms with E-state index in [2.05, 4.69) is 9.71 Å². The van der Waals surface area contributed by atoms with Crippen LogP contribution in [0.15, 0.2) is 11.6 Å². The molecule has 1 rings (SSSR count). The summed E-state index contributed by atoms with van der Waals surface area (Å²) in [4.78, 5) is 4.12. The predicted octanol–water partition coefficient (Wildman–Crippen LogP) is 1.93. The molecule has 0 spiro atoms. The van der Waals surface area contributed by atoms with Gasteiger partial charge in [-0.1, -0.05) is 0 Å². The van der Waals surface area contributed by atoms with Gasteiger partial charge in [-0.3, -0.25) is 0 Å². The third-order valence-corrected chi connectivity index (χ3v) is 4.94. The summed E-state index contributed by atoms with van der Waals surface area (Å²) in [6.45, 7) is 3.59. The first-order valence-electron chi connectivity index (χ1n) is 4.85. The number of nitrogens with zero attached hydrogens (tertiary/aromatic N) is 1. The van der Waals surface area contributed by atoms with Gasteiger partial charge in [0.05, 0.1) is 11.3 Å². The van der Waals surface area contributed by atoms with E-state index in [4.69, 9.17) is 11.6 Å². The molecule has 16 heavy (non-hydrogen) atoms. The molecule has 0 saturated carbocycles. The number of alkyl halides is 1. The van der Waals surface area contributed by atoms with Crippen molar-refractivity contribution in [2.45, 2.75) is 25.8 Å². The van der Waals surface area contributed by atoms with Crippen molar-refractivity contribution in [3.8, 4) is 0 Å². The van der Waals surface area contributed by atoms with Crippen molar-refractivity contribution in [1.29, 1.82) is 0 Å². The van der Waals surface area contributed by atoms with Crippen LogP contribution in [-0.4, -0.2) is 25.0 Å². The van der Waals surface area contributed by atoms with E-state index in [1.807, 2.05) is 5.38 Å². The fourth-order valence-electron chi connectivity index (χ4n) is 1.26. The molecule has 0 saturated heterocycles. The maximum absolute atomic E-state index is 11.7. The lowest BCUT2D eigenvalue weighted by atomic mass is 10.1. The quantitative estimate of drug-likeness (QED) is 0.811. The molecule has 0 aliphatic carbocycles. The van der Waals surface area contributed by atoms with Crippen molar-refractivity contribution < 1.29 is 8.42 Å². The van der Waals surface area contributed by atoms with Gasteiger partial charge in [0.2, 0.25) is 10.0 Å². The number of rotatable bonds is 6. The first-order chi connectivity index (χ1) is 7.37. The van der Waals surface area contributed by atoms with Crippen LogP contribution in [0.5, 0.6) is 0 Å². The standard InChI is InChI=1S/C9H15ClN2O2S2/c1-9(2,8-11-5-6-15-8)12-16(13,14)7-3-4-10/h5-6,12H,3-4,7H2,1-2H3. The zero-order valence-corrected chi connectivity index (χ0v) is 11.6. The smallest absolute Gasteiger partial charge is 0.212 e. The zero-order chi connectivity index (χ0) is 12.2. The average Bonchev–Trinajstić information content (AvgIpc) is 2.66. The van der Waals surface area contributed by atoms with E-state index in [1.165, 1.54) is 11.3 Å². The van der Waals surface area contributed by atoms with E-state index in [9.17, 15) is 8.42 Å². The van der Waals surface area contributed by atoms with Crippen molar-refractivity contribution in [1.82, 2.24) is 9.71 Å². The Kier molecular flexibility index (Phi) is 4.73. The minimum Gasteiger partial charge on any atom is -0.248 e. The molecule has 0 fully saturated rings. The largest absolute Gasteiger partial charge is 0.248 e. The lowest BCUT2D eigenvalue weighted by molar-refractivity contribution is 0.469. The lowest BCUT2D eigenvalue weighted by Crippen LogP contribution is -2.42. The second-order valence-corrected chi connectivity index (χ2v) is 7.04. The summed E-state index contributed by atoms with van der Waals surface area (Å²) in [7, 11) is -3.30. The second-order valence-electron chi connectivity index (χ2n) is 3.93. The monoisotopic (exact) mass is 282 g/mol. The van der Waals surface area contributed by atoms with Crippen LogP contribution >= 0.6 is 22.9 Å². The van der Waals surface area contributed by atoms with Crippen LogP contribution < -0.4 is 4.72 Å². The third kappa shape index (κ3) is 4.01. The molecule has 92 valence electrons. The number of nitrogens with one attached hydrogen (secondary N) is 1. The Bertz CT molecular complexity index is 415. The number of aromatic nitrogens is 1. The maximum atomic E-state index is 11.7. The minimum absolute atomic E-state index is 0.0469. The molecule has 0 radical (unpaired) electrons. The molecular formula is C9H15ClN2O2S2. The van der Waals surface area contributed by atoms with Crippen molar-refractivity contribution in [2.24, 2.45) is 0 Å². The van der Waals surface area contributed by atoms with Crippen LogP contribution in [0.2, 0.25) is 0 Å². The molecule has 0 aliphatic heterocycles. The highest BCUT2D eigenvalue weighted by Crippen LogP contribution is 2.22. The summed E-state index contributed by atoms with van der Waals surface area (Å²) in [6, 6.07) is 0. The van der Waals surface area contributed by atoms with Crippen LogP contribution in [0.25, 0.3) is 0 Å². The Labute approximate surface area is 105 Å². The molecule has 1 N–H and O–H groups in total. The molecule has 4 nitrogen and oxygen atoms in total. The Balaban J connectivity index is 2.73. The van der Waals surface area contributed by atoms with Crippen molar-refractivity contribution >= 4 is 33.0 Å². The SMILES string of the molecule is CC(C)(NS(=O)(=O)CCCCl)c1nccs1. The third-order valence-electron chi connectivity index (χ3n) is 1.92. The number of thiazole rings is 1. The molecule has 0 amide bonds. The highest BCUT2D eigenvalue weighted by Gasteiger charge is 2.28. The van der Waals surface area contributed by atoms with Crippen molar-refractivity contribution in [3.63, 3.8) is 0 Å². The van der Waals surface area contributed by atoms with Gasteiger partial charge in [0.1, 0.15) is 5.01 Å². The van der Waals surface area contributed by atoms with Gasteiger partial charge in [-0.2, -0.15) is 0 Å². The van der Waals surface area contributed by atoms with Gasteiger partial charge in [0.25, 0.3) is 0 Å². The molecule has 0 atom stereocenters. The predicted molar refractivity (Wildman–Crippen MR) is 67.4 cm³/mol. The first-order valence-corrected chi connectivity index (χ1v) is 7.91. The van der Waals surface area contributed by atoms with Gasteiger partial charge >= 0.3 is 0 Å². The second kappa shape index (κ2) is 5.44. The van der Waals surface area contributed by atoms with Crippen LogP contribution in [0.4, 0.5) is 0 Å². The van der Waals surface area contributed by atoms with E-state index in [1.54, 1.807) is 20.0 Å². The topological polar surface area (TPSA) is 59.1 Å². The highest BCUT2D eigenvalue weighted by molar-refractivity contribution is 7.89. The minimum atomic E-state index is -3.30. The Hall–Kier alpha value is -0.170. The molecule has 1 heterocycles. The molecule has 0 bridgehead atoms. The summed E-state index contributed by atoms with van der Waals surface area (Å²) in [5.41, 5.74) is -0.667. The summed E-state index contributed by atoms with van der Waals surface area (Å²) in [5, 5.41) is 2.58. The molecule has 0 aliphatic rings. The highest BCUT2D eigenvalue weighted by atomic mass is 35.5. The van der Waals surface area contributed by atoms with Gasteiger partial charge in [-0.15, -0.1) is 22.9 Å². The first kappa shape index (κ1) is 13.9. The summed E-state index contributed by atoms with van der Waals surface area (Å²) < 4.78 is 26.0. The van der Waals surface area contributed by atoms with Gasteiger partial charge in [-0.05, 0) is 20.3 Å². The Morgan fingerprint density at radius 2 is 2.25 bits per heavy atom. The number of hydrogen-bond donors (Lipinski definition) is 1. The van der Waals surface area contributed by atoms with Crippen LogP contribution in [0.1, 0.15) is 25.3 Å². The molecule has 7 heteroatoms. The van der Waals surface area contributed by atoms with Crippen LogP contribution in [0.3, 0.4) is 0 Å². The number of sulfonamides is 1. The summed E-state index contributed by atoms with van der Waals surface area (Å²) in [6.07, 6.45) is 2.11. The van der Waals surface area contributed by atoms with Crippen LogP contribution in [0, 0.1) is 0 Å². The summed E-state index contributed by atoms with van der Waals surface area (Å²) >= 11 is 6.91. The Morgan fingerprint density at radius 3 is 2.75 bits per heavy atom. The van der Waals surface area contributed by atoms with Gasteiger partial charge in [0, 0.05) is 17.5 Å². The number of halogens is 1. The fraction of sp³-hybridized carbons (Fsp3) is 0.667. The van der Waals surface area contributed by atoms with E-state index in [-0.39, 0.29) is 5.75 Å². The van der Waals surface area contributed by atoms with Crippen molar-refractivity contribution in [2.75, 3.05) is 11.6 Å². The van der Waals surface area contributed by atoms with Gasteiger partial charge < -0.3 is 0 Å². The van der Waals surface area contributed by atoms with Crippen molar-refractivity contribution in [3.05, 3.63) is 16.6 Å². The molecule has 1 aromatic heterocycles.